The highest BCUT2D eigenvalue weighted by Gasteiger charge is 2.62. The number of hydrogen-bond donors (Lipinski definition) is 6. The van der Waals surface area contributed by atoms with Gasteiger partial charge < -0.3 is 45.3 Å². The van der Waals surface area contributed by atoms with Crippen molar-refractivity contribution in [1.29, 1.82) is 0 Å². The second-order valence-corrected chi connectivity index (χ2v) is 25.9. The minimum absolute atomic E-state index is 0.00354. The number of rotatable bonds is 15. The molecule has 0 spiro atoms. The van der Waals surface area contributed by atoms with Gasteiger partial charge in [-0.05, 0) is 95.2 Å². The molecule has 8 amide bonds. The van der Waals surface area contributed by atoms with Gasteiger partial charge >= 0.3 is 24.0 Å². The van der Waals surface area contributed by atoms with E-state index in [1.807, 2.05) is 54.6 Å². The van der Waals surface area contributed by atoms with E-state index in [9.17, 15) is 55.2 Å². The Morgan fingerprint density at radius 2 is 1.17 bits per heavy atom. The van der Waals surface area contributed by atoms with E-state index >= 15 is 0 Å². The second-order valence-electron chi connectivity index (χ2n) is 21.9. The van der Waals surface area contributed by atoms with Crippen LogP contribution in [0, 0.1) is 11.8 Å². The van der Waals surface area contributed by atoms with Gasteiger partial charge in [-0.1, -0.05) is 54.6 Å². The molecule has 3 heterocycles. The number of carbonyl (C=O) groups is 8. The number of nitrogens with one attached hydrogen (secondary N) is 6. The van der Waals surface area contributed by atoms with Crippen molar-refractivity contribution in [3.8, 4) is 17.0 Å². The number of aromatic nitrogens is 1. The van der Waals surface area contributed by atoms with Crippen LogP contribution in [-0.4, -0.2) is 160 Å². The molecule has 448 valence electrons. The molecule has 26 heteroatoms. The van der Waals surface area contributed by atoms with Crippen molar-refractivity contribution in [2.75, 3.05) is 47.5 Å². The van der Waals surface area contributed by atoms with Crippen LogP contribution in [0.2, 0.25) is 0 Å². The summed E-state index contributed by atoms with van der Waals surface area (Å²) in [4.78, 5) is 112. The molecule has 6 atom stereocenters. The first-order valence-corrected chi connectivity index (χ1v) is 31.1. The Balaban J connectivity index is 0.000000237. The van der Waals surface area contributed by atoms with Crippen molar-refractivity contribution < 1.29 is 69.4 Å². The predicted octanol–water partition coefficient (Wildman–Crippen LogP) is 3.86. The summed E-state index contributed by atoms with van der Waals surface area (Å²) in [6.07, 6.45) is 14.4. The number of nitrogens with zero attached hydrogens (tertiary/aromatic N) is 3. The van der Waals surface area contributed by atoms with E-state index in [1.165, 1.54) is 16.7 Å². The molecule has 0 bridgehead atoms. The SMILES string of the molecule is CC(=O)OCC[C@@H]1NC(=O)N(C)CCCC/C=C\[C@@H]2C[C@@]2(C(=O)NS(=O)(=O)C2CC2)NC1=O.COc1ccc2c(C(=O)OCC[C@@H]3NC(=O)N(C)CCCC/C=C\[C@@H]4C[C@@]4(C(=O)NS(=O)(=O)C4CC4)NC3=O)cc(-c3ccccc3)nc2c1. The highest BCUT2D eigenvalue weighted by atomic mass is 32.2. The van der Waals surface area contributed by atoms with Gasteiger partial charge in [-0.15, -0.1) is 0 Å². The monoisotopic (exact) mass is 1190 g/mol. The topological polar surface area (TPSA) is 324 Å². The summed E-state index contributed by atoms with van der Waals surface area (Å²) in [5.74, 6) is -4.29. The lowest BCUT2D eigenvalue weighted by Gasteiger charge is -2.26. The lowest BCUT2D eigenvalue weighted by Crippen LogP contribution is -2.58. The summed E-state index contributed by atoms with van der Waals surface area (Å²) in [6, 6.07) is 13.0. The summed E-state index contributed by atoms with van der Waals surface area (Å²) in [5.41, 5.74) is -0.758. The van der Waals surface area contributed by atoms with Crippen LogP contribution in [0.15, 0.2) is 78.9 Å². The van der Waals surface area contributed by atoms with Gasteiger partial charge in [0.15, 0.2) is 0 Å². The van der Waals surface area contributed by atoms with Crippen molar-refractivity contribution >= 4 is 78.6 Å². The second kappa shape index (κ2) is 26.3. The minimum atomic E-state index is -3.87. The van der Waals surface area contributed by atoms with E-state index in [2.05, 4.69) is 30.7 Å². The van der Waals surface area contributed by atoms with Crippen molar-refractivity contribution in [1.82, 2.24) is 45.5 Å². The molecule has 3 aromatic rings. The number of pyridine rings is 1. The maximum absolute atomic E-state index is 13.8. The average Bonchev–Trinajstić information content (AvgIpc) is 3.26. The highest BCUT2D eigenvalue weighted by Crippen LogP contribution is 2.47. The fourth-order valence-corrected chi connectivity index (χ4v) is 12.6. The van der Waals surface area contributed by atoms with E-state index in [0.29, 0.717) is 67.5 Å². The predicted molar refractivity (Wildman–Crippen MR) is 304 cm³/mol. The minimum Gasteiger partial charge on any atom is -0.497 e. The molecule has 4 fully saturated rings. The third-order valence-electron chi connectivity index (χ3n) is 15.5. The van der Waals surface area contributed by atoms with Gasteiger partial charge in [0.2, 0.25) is 31.9 Å². The van der Waals surface area contributed by atoms with Gasteiger partial charge in [0, 0.05) is 75.8 Å². The van der Waals surface area contributed by atoms with Gasteiger partial charge in [-0.3, -0.25) is 33.4 Å². The van der Waals surface area contributed by atoms with Crippen LogP contribution < -0.4 is 35.4 Å². The number of ether oxygens (including phenoxy) is 3. The smallest absolute Gasteiger partial charge is 0.338 e. The largest absolute Gasteiger partial charge is 0.497 e. The molecule has 6 N–H and O–H groups in total. The number of esters is 2. The maximum atomic E-state index is 13.8. The van der Waals surface area contributed by atoms with Crippen molar-refractivity contribution in [2.45, 2.75) is 130 Å². The molecule has 0 unspecified atom stereocenters. The Morgan fingerprint density at radius 3 is 1.64 bits per heavy atom. The Labute approximate surface area is 482 Å². The van der Waals surface area contributed by atoms with Gasteiger partial charge in [0.1, 0.15) is 28.9 Å². The van der Waals surface area contributed by atoms with Crippen molar-refractivity contribution in [2.24, 2.45) is 11.8 Å². The molecule has 2 aliphatic heterocycles. The molecule has 0 radical (unpaired) electrons. The van der Waals surface area contributed by atoms with Crippen LogP contribution in [0.1, 0.15) is 107 Å². The Hall–Kier alpha value is -7.61. The molecule has 4 saturated carbocycles. The molecular weight excluding hydrogens is 1110 g/mol. The van der Waals surface area contributed by atoms with Crippen molar-refractivity contribution in [3.63, 3.8) is 0 Å². The van der Waals surface area contributed by atoms with Gasteiger partial charge in [0.05, 0.1) is 47.6 Å². The molecule has 0 saturated heterocycles. The molecule has 24 nitrogen and oxygen atoms in total. The van der Waals surface area contributed by atoms with Crippen LogP contribution in [0.4, 0.5) is 9.59 Å². The summed E-state index contributed by atoms with van der Waals surface area (Å²) in [5, 5.41) is 10.1. The number of urea groups is 2. The summed E-state index contributed by atoms with van der Waals surface area (Å²) in [7, 11) is -2.88. The van der Waals surface area contributed by atoms with E-state index < -0.39 is 107 Å². The lowest BCUT2D eigenvalue weighted by molar-refractivity contribution is -0.141. The first kappa shape index (κ1) is 61.5. The summed E-state index contributed by atoms with van der Waals surface area (Å²) >= 11 is 0. The first-order valence-electron chi connectivity index (χ1n) is 28.0. The number of hydrogen-bond acceptors (Lipinski definition) is 16. The standard InChI is InChI=1S/C36H41N5O8S.C21H32N4O7S/c1-41-18-9-4-3-8-12-24-22-36(24,34(44)40-50(46,47)26-14-15-26)39-32(42)29(38-35(41)45)17-19-49-33(43)28-21-30(23-10-6-5-7-11-23)37-31-20-25(48-2)13-16-27(28)31;1-14(26)32-12-10-17-18(27)23-21(19(28)24-33(30,31)16-8-9-16)13-15(21)7-5-3-4-6-11-25(2)20(29)22-17/h5-8,10-13,16,20-21,24,26,29H,3-4,9,14-15,17-19,22H2,1-2H3,(H,38,45)(H,39,42)(H,40,44);5,7,15-17H,3-4,6,8-13H2,1-2H3,(H,22,29)(H,23,27)(H,24,28)/b12-8-;7-5-/t24-,29+,36-;15-,17+,21-/m11/s1. The van der Waals surface area contributed by atoms with E-state index in [0.717, 1.165) is 37.7 Å². The molecule has 6 aliphatic rings. The number of carbonyl (C=O) groups excluding carboxylic acids is 8. The molecule has 4 aliphatic carbocycles. The van der Waals surface area contributed by atoms with Gasteiger partial charge in [0.25, 0.3) is 11.8 Å². The zero-order valence-corrected chi connectivity index (χ0v) is 48.6. The number of allylic oxidation sites excluding steroid dienone is 2. The maximum Gasteiger partial charge on any atom is 0.338 e. The fourth-order valence-electron chi connectivity index (χ4n) is 9.87. The van der Waals surface area contributed by atoms with Crippen LogP contribution in [0.3, 0.4) is 0 Å². The van der Waals surface area contributed by atoms with Crippen LogP contribution in [-0.2, 0) is 53.5 Å². The number of fused-ring (bicyclic) bond motifs is 3. The lowest BCUT2D eigenvalue weighted by atomic mass is 10.0. The fraction of sp³-hybridized carbons (Fsp3) is 0.526. The molecular formula is C57H73N9O15S2. The Morgan fingerprint density at radius 1 is 0.675 bits per heavy atom. The first-order chi connectivity index (χ1) is 39.6. The van der Waals surface area contributed by atoms with E-state index in [4.69, 9.17) is 19.2 Å². The third kappa shape index (κ3) is 15.7. The Kier molecular flexibility index (Phi) is 19.5. The van der Waals surface area contributed by atoms with E-state index in [-0.39, 0.29) is 50.4 Å². The van der Waals surface area contributed by atoms with E-state index in [1.54, 1.807) is 45.5 Å². The molecule has 2 aromatic carbocycles. The average molecular weight is 1190 g/mol. The van der Waals surface area contributed by atoms with Gasteiger partial charge in [-0.2, -0.15) is 0 Å². The molecule has 1 aromatic heterocycles. The third-order valence-corrected chi connectivity index (χ3v) is 19.1. The molecule has 83 heavy (non-hydrogen) atoms. The zero-order chi connectivity index (χ0) is 59.7. The molecule has 9 rings (SSSR count). The number of sulfonamides is 2. The summed E-state index contributed by atoms with van der Waals surface area (Å²) in [6.45, 7) is 1.85. The Bertz CT molecular complexity index is 3260. The number of benzene rings is 2. The van der Waals surface area contributed by atoms with Crippen LogP contribution in [0.25, 0.3) is 22.2 Å². The van der Waals surface area contributed by atoms with Crippen LogP contribution >= 0.6 is 0 Å². The number of amides is 8. The normalized spacial score (nSPS) is 25.9. The van der Waals surface area contributed by atoms with Gasteiger partial charge in [-0.25, -0.2) is 36.2 Å². The summed E-state index contributed by atoms with van der Waals surface area (Å²) < 4.78 is 70.2. The zero-order valence-electron chi connectivity index (χ0n) is 47.0. The highest BCUT2D eigenvalue weighted by molar-refractivity contribution is 7.91. The number of methoxy groups -OCH3 is 1. The van der Waals surface area contributed by atoms with Crippen molar-refractivity contribution in [3.05, 3.63) is 84.5 Å². The quantitative estimate of drug-likeness (QED) is 0.0929. The van der Waals surface area contributed by atoms with Crippen LogP contribution in [0.5, 0.6) is 5.75 Å².